The summed E-state index contributed by atoms with van der Waals surface area (Å²) in [4.78, 5) is 0. The van der Waals surface area contributed by atoms with E-state index in [0.29, 0.717) is 12.0 Å². The Bertz CT molecular complexity index is 351. The molecule has 3 nitrogen and oxygen atoms in total. The summed E-state index contributed by atoms with van der Waals surface area (Å²) in [7, 11) is 1.97. The normalized spacial score (nSPS) is 30.1. The van der Waals surface area contributed by atoms with E-state index in [9.17, 15) is 0 Å². The van der Waals surface area contributed by atoms with Crippen molar-refractivity contribution in [3.05, 3.63) is 17.5 Å². The largest absolute Gasteiger partial charge is 0.327 e. The third-order valence-corrected chi connectivity index (χ3v) is 3.77. The fraction of sp³-hybridized carbons (Fsp3) is 0.727. The van der Waals surface area contributed by atoms with Crippen molar-refractivity contribution in [1.82, 2.24) is 9.78 Å². The molecule has 1 aliphatic carbocycles. The molecule has 1 aromatic rings. The van der Waals surface area contributed by atoms with Crippen LogP contribution >= 0.6 is 0 Å². The second-order valence-corrected chi connectivity index (χ2v) is 5.06. The number of hydrogen-bond donors (Lipinski definition) is 1. The Labute approximate surface area is 85.3 Å². The van der Waals surface area contributed by atoms with Crippen molar-refractivity contribution < 1.29 is 0 Å². The number of nitrogens with two attached hydrogens (primary N) is 1. The van der Waals surface area contributed by atoms with Gasteiger partial charge in [0.05, 0.1) is 5.69 Å². The Hall–Kier alpha value is -0.830. The Balaban J connectivity index is 2.30. The average molecular weight is 193 g/mol. The lowest BCUT2D eigenvalue weighted by Gasteiger charge is -2.50. The van der Waals surface area contributed by atoms with Crippen molar-refractivity contribution in [3.63, 3.8) is 0 Å². The highest BCUT2D eigenvalue weighted by Gasteiger charge is 2.47. The van der Waals surface area contributed by atoms with Crippen LogP contribution < -0.4 is 5.73 Å². The van der Waals surface area contributed by atoms with Crippen LogP contribution in [0, 0.1) is 12.3 Å². The van der Waals surface area contributed by atoms with E-state index in [-0.39, 0.29) is 5.41 Å². The molecule has 2 atom stereocenters. The smallest absolute Gasteiger partial charge is 0.0628 e. The zero-order chi connectivity index (χ0) is 10.5. The van der Waals surface area contributed by atoms with Crippen molar-refractivity contribution >= 4 is 0 Å². The van der Waals surface area contributed by atoms with Crippen LogP contribution in [0.5, 0.6) is 0 Å². The lowest BCUT2D eigenvalue weighted by atomic mass is 9.57. The van der Waals surface area contributed by atoms with Gasteiger partial charge in [0, 0.05) is 19.3 Å². The molecule has 3 heteroatoms. The van der Waals surface area contributed by atoms with E-state index in [1.54, 1.807) is 0 Å². The van der Waals surface area contributed by atoms with Crippen molar-refractivity contribution in [2.24, 2.45) is 18.2 Å². The minimum Gasteiger partial charge on any atom is -0.327 e. The highest BCUT2D eigenvalue weighted by Crippen LogP contribution is 2.51. The molecule has 0 radical (unpaired) electrons. The Morgan fingerprint density at radius 1 is 1.57 bits per heavy atom. The molecule has 0 saturated heterocycles. The van der Waals surface area contributed by atoms with Crippen LogP contribution in [0.2, 0.25) is 0 Å². The molecule has 1 heterocycles. The van der Waals surface area contributed by atoms with E-state index >= 15 is 0 Å². The second kappa shape index (κ2) is 2.83. The molecule has 1 saturated carbocycles. The molecule has 0 amide bonds. The predicted molar refractivity (Wildman–Crippen MR) is 57.1 cm³/mol. The van der Waals surface area contributed by atoms with Crippen LogP contribution in [-0.2, 0) is 7.05 Å². The fourth-order valence-corrected chi connectivity index (χ4v) is 2.45. The summed E-state index contributed by atoms with van der Waals surface area (Å²) in [5, 5.41) is 4.38. The van der Waals surface area contributed by atoms with Crippen LogP contribution in [0.15, 0.2) is 6.20 Å². The predicted octanol–water partition coefficient (Wildman–Crippen LogP) is 1.57. The molecule has 1 aliphatic rings. The Morgan fingerprint density at radius 3 is 2.57 bits per heavy atom. The van der Waals surface area contributed by atoms with Gasteiger partial charge in [0.2, 0.25) is 0 Å². The van der Waals surface area contributed by atoms with Gasteiger partial charge in [0.15, 0.2) is 0 Å². The van der Waals surface area contributed by atoms with Crippen LogP contribution in [0.25, 0.3) is 0 Å². The second-order valence-electron chi connectivity index (χ2n) is 5.06. The number of hydrogen-bond acceptors (Lipinski definition) is 2. The van der Waals surface area contributed by atoms with Crippen molar-refractivity contribution in [2.45, 2.75) is 39.2 Å². The standard InChI is InChI=1S/C11H19N3/c1-7-8(6-14(4)13-7)9-5-10(12)11(9,2)3/h6,9-10H,5,12H2,1-4H3. The molecule has 1 fully saturated rings. The van der Waals surface area contributed by atoms with Crippen LogP contribution in [0.1, 0.15) is 37.4 Å². The third kappa shape index (κ3) is 1.19. The van der Waals surface area contributed by atoms with E-state index < -0.39 is 0 Å². The van der Waals surface area contributed by atoms with E-state index in [0.717, 1.165) is 12.1 Å². The van der Waals surface area contributed by atoms with Gasteiger partial charge in [-0.1, -0.05) is 13.8 Å². The van der Waals surface area contributed by atoms with Gasteiger partial charge in [0.25, 0.3) is 0 Å². The van der Waals surface area contributed by atoms with Gasteiger partial charge in [-0.2, -0.15) is 5.10 Å². The zero-order valence-corrected chi connectivity index (χ0v) is 9.41. The van der Waals surface area contributed by atoms with E-state index in [4.69, 9.17) is 5.73 Å². The molecule has 2 rings (SSSR count). The van der Waals surface area contributed by atoms with Gasteiger partial charge >= 0.3 is 0 Å². The van der Waals surface area contributed by atoms with Crippen molar-refractivity contribution in [2.75, 3.05) is 0 Å². The number of nitrogens with zero attached hydrogens (tertiary/aromatic N) is 2. The third-order valence-electron chi connectivity index (χ3n) is 3.77. The monoisotopic (exact) mass is 193 g/mol. The minimum absolute atomic E-state index is 0.230. The lowest BCUT2D eigenvalue weighted by Crippen LogP contribution is -2.52. The Kier molecular flexibility index (Phi) is 1.96. The van der Waals surface area contributed by atoms with Crippen LogP contribution in [-0.4, -0.2) is 15.8 Å². The summed E-state index contributed by atoms with van der Waals surface area (Å²) >= 11 is 0. The van der Waals surface area contributed by atoms with Crippen molar-refractivity contribution in [1.29, 1.82) is 0 Å². The number of aromatic nitrogens is 2. The quantitative estimate of drug-likeness (QED) is 0.735. The topological polar surface area (TPSA) is 43.8 Å². The zero-order valence-electron chi connectivity index (χ0n) is 9.41. The molecule has 0 bridgehead atoms. The van der Waals surface area contributed by atoms with Gasteiger partial charge < -0.3 is 5.73 Å². The maximum Gasteiger partial charge on any atom is 0.0628 e. The van der Waals surface area contributed by atoms with E-state index in [1.165, 1.54) is 5.56 Å². The first kappa shape index (κ1) is 9.71. The Morgan fingerprint density at radius 2 is 2.21 bits per heavy atom. The molecule has 14 heavy (non-hydrogen) atoms. The molecule has 2 N–H and O–H groups in total. The van der Waals surface area contributed by atoms with Gasteiger partial charge in [-0.15, -0.1) is 0 Å². The number of aryl methyl sites for hydroxylation is 2. The first-order valence-electron chi connectivity index (χ1n) is 5.18. The van der Waals surface area contributed by atoms with Gasteiger partial charge in [-0.25, -0.2) is 0 Å². The first-order chi connectivity index (χ1) is 6.43. The first-order valence-corrected chi connectivity index (χ1v) is 5.18. The summed E-state index contributed by atoms with van der Waals surface area (Å²) in [5.41, 5.74) is 8.77. The van der Waals surface area contributed by atoms with Crippen molar-refractivity contribution in [3.8, 4) is 0 Å². The SMILES string of the molecule is Cc1nn(C)cc1C1CC(N)C1(C)C. The van der Waals surface area contributed by atoms with Gasteiger partial charge in [0.1, 0.15) is 0 Å². The molecule has 0 spiro atoms. The molecular formula is C11H19N3. The molecule has 0 aromatic carbocycles. The highest BCUT2D eigenvalue weighted by atomic mass is 15.2. The van der Waals surface area contributed by atoms with Gasteiger partial charge in [-0.3, -0.25) is 4.68 Å². The van der Waals surface area contributed by atoms with Crippen LogP contribution in [0.3, 0.4) is 0 Å². The highest BCUT2D eigenvalue weighted by molar-refractivity contribution is 5.28. The maximum absolute atomic E-state index is 6.01. The van der Waals surface area contributed by atoms with E-state index in [2.05, 4.69) is 32.1 Å². The number of rotatable bonds is 1. The molecule has 78 valence electrons. The maximum atomic E-state index is 6.01. The molecule has 1 aromatic heterocycles. The summed E-state index contributed by atoms with van der Waals surface area (Å²) in [6.45, 7) is 6.58. The molecular weight excluding hydrogens is 174 g/mol. The van der Waals surface area contributed by atoms with E-state index in [1.807, 2.05) is 11.7 Å². The minimum atomic E-state index is 0.230. The lowest BCUT2D eigenvalue weighted by molar-refractivity contribution is 0.0979. The fourth-order valence-electron chi connectivity index (χ4n) is 2.45. The molecule has 0 aliphatic heterocycles. The summed E-state index contributed by atoms with van der Waals surface area (Å²) < 4.78 is 1.89. The van der Waals surface area contributed by atoms with Crippen LogP contribution in [0.4, 0.5) is 0 Å². The molecule has 2 unspecified atom stereocenters. The van der Waals surface area contributed by atoms with Gasteiger partial charge in [-0.05, 0) is 30.2 Å². The summed E-state index contributed by atoms with van der Waals surface area (Å²) in [6, 6.07) is 0.340. The summed E-state index contributed by atoms with van der Waals surface area (Å²) in [6.07, 6.45) is 3.23. The summed E-state index contributed by atoms with van der Waals surface area (Å²) in [5.74, 6) is 0.589. The average Bonchev–Trinajstić information content (AvgIpc) is 2.40.